The zero-order valence-electron chi connectivity index (χ0n) is 12.5. The number of rotatable bonds is 4. The van der Waals surface area contributed by atoms with E-state index in [0.29, 0.717) is 0 Å². The van der Waals surface area contributed by atoms with E-state index in [0.717, 1.165) is 18.0 Å². The maximum Gasteiger partial charge on any atom is 0.0113 e. The summed E-state index contributed by atoms with van der Waals surface area (Å²) in [5.41, 5.74) is 0. The Morgan fingerprint density at radius 1 is 1.06 bits per heavy atom. The fraction of sp³-hybridized carbons (Fsp3) is 1.00. The molecule has 0 bridgehead atoms. The summed E-state index contributed by atoms with van der Waals surface area (Å²) in [4.78, 5) is 5.11. The van der Waals surface area contributed by atoms with Gasteiger partial charge in [0.2, 0.25) is 0 Å². The minimum absolute atomic E-state index is 0.769. The van der Waals surface area contributed by atoms with E-state index in [1.165, 1.54) is 58.2 Å². The van der Waals surface area contributed by atoms with E-state index in [4.69, 9.17) is 0 Å². The summed E-state index contributed by atoms with van der Waals surface area (Å²) < 4.78 is 0. The van der Waals surface area contributed by atoms with Crippen LogP contribution in [-0.4, -0.2) is 62.7 Å². The van der Waals surface area contributed by atoms with Crippen molar-refractivity contribution < 1.29 is 0 Å². The predicted octanol–water partition coefficient (Wildman–Crippen LogP) is 1.79. The van der Waals surface area contributed by atoms with Crippen LogP contribution in [0, 0.1) is 5.92 Å². The van der Waals surface area contributed by atoms with E-state index in [-0.39, 0.29) is 0 Å². The van der Waals surface area contributed by atoms with Crippen LogP contribution < -0.4 is 5.32 Å². The average Bonchev–Trinajstić information content (AvgIpc) is 2.40. The first-order valence-electron chi connectivity index (χ1n) is 7.76. The van der Waals surface area contributed by atoms with Gasteiger partial charge in [-0.1, -0.05) is 12.8 Å². The molecule has 1 aliphatic carbocycles. The molecule has 1 heterocycles. The summed E-state index contributed by atoms with van der Waals surface area (Å²) in [6, 6.07) is 1.58. The Bertz CT molecular complexity index is 234. The highest BCUT2D eigenvalue weighted by molar-refractivity contribution is 4.84. The number of hydrogen-bond donors (Lipinski definition) is 1. The maximum atomic E-state index is 3.54. The molecule has 106 valence electrons. The second kappa shape index (κ2) is 6.88. The Morgan fingerprint density at radius 3 is 2.33 bits per heavy atom. The molecule has 2 rings (SSSR count). The molecule has 1 N–H and O–H groups in total. The van der Waals surface area contributed by atoms with Crippen molar-refractivity contribution in [2.24, 2.45) is 5.92 Å². The van der Waals surface area contributed by atoms with Crippen LogP contribution in [0.2, 0.25) is 0 Å². The fourth-order valence-electron chi connectivity index (χ4n) is 3.76. The molecule has 2 unspecified atom stereocenters. The van der Waals surface area contributed by atoms with Gasteiger partial charge in [-0.3, -0.25) is 0 Å². The number of hydrogen-bond acceptors (Lipinski definition) is 3. The molecule has 2 aliphatic rings. The molecule has 18 heavy (non-hydrogen) atoms. The first kappa shape index (κ1) is 14.3. The van der Waals surface area contributed by atoms with Gasteiger partial charge in [0.05, 0.1) is 0 Å². The molecule has 0 spiro atoms. The molecular weight excluding hydrogens is 222 g/mol. The van der Waals surface area contributed by atoms with Gasteiger partial charge in [-0.05, 0) is 65.8 Å². The number of likely N-dealkylation sites (tertiary alicyclic amines) is 1. The summed E-state index contributed by atoms with van der Waals surface area (Å²) in [7, 11) is 6.58. The molecule has 1 saturated carbocycles. The van der Waals surface area contributed by atoms with E-state index in [1.54, 1.807) is 0 Å². The van der Waals surface area contributed by atoms with Gasteiger partial charge in [-0.25, -0.2) is 0 Å². The van der Waals surface area contributed by atoms with E-state index in [9.17, 15) is 0 Å². The third-order valence-electron chi connectivity index (χ3n) is 5.06. The van der Waals surface area contributed by atoms with E-state index >= 15 is 0 Å². The fourth-order valence-corrected chi connectivity index (χ4v) is 3.76. The Kier molecular flexibility index (Phi) is 5.46. The van der Waals surface area contributed by atoms with Crippen molar-refractivity contribution in [1.29, 1.82) is 0 Å². The predicted molar refractivity (Wildman–Crippen MR) is 78.0 cm³/mol. The molecule has 3 nitrogen and oxygen atoms in total. The second-order valence-electron chi connectivity index (χ2n) is 6.44. The van der Waals surface area contributed by atoms with Gasteiger partial charge >= 0.3 is 0 Å². The smallest absolute Gasteiger partial charge is 0.0113 e. The van der Waals surface area contributed by atoms with Crippen molar-refractivity contribution in [3.63, 3.8) is 0 Å². The lowest BCUT2D eigenvalue weighted by molar-refractivity contribution is 0.111. The first-order valence-corrected chi connectivity index (χ1v) is 7.76. The summed E-state index contributed by atoms with van der Waals surface area (Å²) in [6.07, 6.45) is 8.38. The van der Waals surface area contributed by atoms with Crippen LogP contribution in [0.4, 0.5) is 0 Å². The zero-order valence-corrected chi connectivity index (χ0v) is 12.5. The molecule has 1 saturated heterocycles. The summed E-state index contributed by atoms with van der Waals surface area (Å²) in [5.74, 6) is 0.889. The lowest BCUT2D eigenvalue weighted by atomic mass is 9.84. The molecule has 1 aliphatic heterocycles. The lowest BCUT2D eigenvalue weighted by Gasteiger charge is -2.39. The van der Waals surface area contributed by atoms with Crippen molar-refractivity contribution in [3.8, 4) is 0 Å². The van der Waals surface area contributed by atoms with Crippen molar-refractivity contribution in [2.45, 2.75) is 50.6 Å². The molecule has 2 fully saturated rings. The minimum Gasteiger partial charge on any atom is -0.317 e. The normalized spacial score (nSPS) is 32.0. The van der Waals surface area contributed by atoms with Crippen LogP contribution in [0.1, 0.15) is 38.5 Å². The van der Waals surface area contributed by atoms with Gasteiger partial charge in [-0.2, -0.15) is 0 Å². The van der Waals surface area contributed by atoms with Gasteiger partial charge in [0, 0.05) is 18.6 Å². The highest BCUT2D eigenvalue weighted by atomic mass is 15.2. The zero-order chi connectivity index (χ0) is 13.0. The Labute approximate surface area is 113 Å². The molecule has 3 heteroatoms. The SMILES string of the molecule is CNC1CCCCC1CN1CCC(N(C)C)CC1. The van der Waals surface area contributed by atoms with Crippen molar-refractivity contribution in [3.05, 3.63) is 0 Å². The summed E-state index contributed by atoms with van der Waals surface area (Å²) in [5, 5.41) is 3.54. The Morgan fingerprint density at radius 2 is 1.72 bits per heavy atom. The van der Waals surface area contributed by atoms with E-state index in [1.807, 2.05) is 0 Å². The van der Waals surface area contributed by atoms with Crippen LogP contribution in [0.15, 0.2) is 0 Å². The highest BCUT2D eigenvalue weighted by Gasteiger charge is 2.27. The van der Waals surface area contributed by atoms with Crippen LogP contribution in [0.25, 0.3) is 0 Å². The average molecular weight is 253 g/mol. The number of nitrogens with zero attached hydrogens (tertiary/aromatic N) is 2. The number of piperidine rings is 1. The molecule has 2 atom stereocenters. The standard InChI is InChI=1S/C15H31N3/c1-16-15-7-5-4-6-13(15)12-18-10-8-14(9-11-18)17(2)3/h13-16H,4-12H2,1-3H3. The van der Waals surface area contributed by atoms with E-state index < -0.39 is 0 Å². The highest BCUT2D eigenvalue weighted by Crippen LogP contribution is 2.26. The van der Waals surface area contributed by atoms with Crippen molar-refractivity contribution in [1.82, 2.24) is 15.1 Å². The molecule has 0 radical (unpaired) electrons. The molecule has 0 aromatic heterocycles. The van der Waals surface area contributed by atoms with Gasteiger partial charge in [0.1, 0.15) is 0 Å². The van der Waals surface area contributed by atoms with Gasteiger partial charge in [-0.15, -0.1) is 0 Å². The largest absolute Gasteiger partial charge is 0.317 e. The third kappa shape index (κ3) is 3.69. The second-order valence-corrected chi connectivity index (χ2v) is 6.44. The van der Waals surface area contributed by atoms with Crippen LogP contribution in [-0.2, 0) is 0 Å². The number of nitrogens with one attached hydrogen (secondary N) is 1. The molecule has 0 amide bonds. The van der Waals surface area contributed by atoms with E-state index in [2.05, 4.69) is 36.3 Å². The van der Waals surface area contributed by atoms with Crippen LogP contribution in [0.5, 0.6) is 0 Å². The van der Waals surface area contributed by atoms with Crippen molar-refractivity contribution in [2.75, 3.05) is 40.8 Å². The van der Waals surface area contributed by atoms with Crippen molar-refractivity contribution >= 4 is 0 Å². The molecule has 0 aromatic carbocycles. The third-order valence-corrected chi connectivity index (χ3v) is 5.06. The Balaban J connectivity index is 1.76. The van der Waals surface area contributed by atoms with Crippen LogP contribution >= 0.6 is 0 Å². The summed E-state index contributed by atoms with van der Waals surface area (Å²) in [6.45, 7) is 3.93. The Hall–Kier alpha value is -0.120. The lowest BCUT2D eigenvalue weighted by Crippen LogP contribution is -2.47. The molecule has 0 aromatic rings. The quantitative estimate of drug-likeness (QED) is 0.824. The monoisotopic (exact) mass is 253 g/mol. The van der Waals surface area contributed by atoms with Gasteiger partial charge in [0.25, 0.3) is 0 Å². The van der Waals surface area contributed by atoms with Gasteiger partial charge < -0.3 is 15.1 Å². The minimum atomic E-state index is 0.769. The summed E-state index contributed by atoms with van der Waals surface area (Å²) >= 11 is 0. The van der Waals surface area contributed by atoms with Gasteiger partial charge in [0.15, 0.2) is 0 Å². The molecular formula is C15H31N3. The van der Waals surface area contributed by atoms with Crippen LogP contribution in [0.3, 0.4) is 0 Å². The topological polar surface area (TPSA) is 18.5 Å². The first-order chi connectivity index (χ1) is 8.70. The maximum absolute atomic E-state index is 3.54.